The summed E-state index contributed by atoms with van der Waals surface area (Å²) in [5, 5.41) is 8.22. The fourth-order valence-electron chi connectivity index (χ4n) is 4.29. The van der Waals surface area contributed by atoms with E-state index in [2.05, 4.69) is 25.3 Å². The first-order chi connectivity index (χ1) is 14.4. The molecule has 1 amide bonds. The van der Waals surface area contributed by atoms with E-state index < -0.39 is 0 Å². The van der Waals surface area contributed by atoms with Crippen molar-refractivity contribution in [1.82, 2.24) is 19.7 Å². The molecule has 0 radical (unpaired) electrons. The molecule has 4 heterocycles. The van der Waals surface area contributed by atoms with Gasteiger partial charge in [0.15, 0.2) is 0 Å². The van der Waals surface area contributed by atoms with E-state index in [0.29, 0.717) is 23.3 Å². The van der Waals surface area contributed by atoms with Crippen LogP contribution in [0.25, 0.3) is 11.0 Å². The minimum atomic E-state index is -0.164. The molecule has 4 rings (SSSR count). The number of amides is 1. The third-order valence-corrected chi connectivity index (χ3v) is 5.87. The Hall–Kier alpha value is -3.16. The zero-order chi connectivity index (χ0) is 21.3. The highest BCUT2D eigenvalue weighted by molar-refractivity contribution is 5.91. The van der Waals surface area contributed by atoms with E-state index in [1.165, 1.54) is 19.3 Å². The van der Waals surface area contributed by atoms with Gasteiger partial charge in [-0.2, -0.15) is 5.10 Å². The Kier molecular flexibility index (Phi) is 5.57. The summed E-state index contributed by atoms with van der Waals surface area (Å²) in [5.74, 6) is 0.819. The molecular formula is C22H28N6O2. The molecule has 0 aliphatic carbocycles. The number of carbonyl (C=O) groups is 1. The lowest BCUT2D eigenvalue weighted by Crippen LogP contribution is -2.30. The van der Waals surface area contributed by atoms with Crippen LogP contribution in [0.4, 0.5) is 11.5 Å². The smallest absolute Gasteiger partial charge is 0.253 e. The summed E-state index contributed by atoms with van der Waals surface area (Å²) in [7, 11) is 1.81. The van der Waals surface area contributed by atoms with Crippen LogP contribution in [0.15, 0.2) is 23.1 Å². The van der Waals surface area contributed by atoms with Crippen molar-refractivity contribution >= 4 is 28.4 Å². The normalized spacial score (nSPS) is 14.3. The van der Waals surface area contributed by atoms with Crippen LogP contribution in [0.2, 0.25) is 0 Å². The lowest BCUT2D eigenvalue weighted by atomic mass is 10.0. The minimum absolute atomic E-state index is 0.135. The molecule has 1 aliphatic rings. The molecular weight excluding hydrogens is 380 g/mol. The molecule has 1 fully saturated rings. The summed E-state index contributed by atoms with van der Waals surface area (Å²) in [6.45, 7) is 5.91. The van der Waals surface area contributed by atoms with Crippen LogP contribution < -0.4 is 15.8 Å². The average molecular weight is 409 g/mol. The van der Waals surface area contributed by atoms with Crippen molar-refractivity contribution < 1.29 is 4.79 Å². The SMILES string of the molecule is Cc1nn(C)c2[nH]c(=O)c(CCC(=O)Nc3ccc(N4CCCCC4)nc3)c(C)c12. The Morgan fingerprint density at radius 1 is 1.20 bits per heavy atom. The highest BCUT2D eigenvalue weighted by Gasteiger charge is 2.16. The number of rotatable bonds is 5. The fraction of sp³-hybridized carbons (Fsp3) is 0.455. The molecule has 2 N–H and O–H groups in total. The van der Waals surface area contributed by atoms with Gasteiger partial charge in [-0.15, -0.1) is 0 Å². The van der Waals surface area contributed by atoms with Gasteiger partial charge in [0, 0.05) is 37.5 Å². The van der Waals surface area contributed by atoms with Gasteiger partial charge in [0.2, 0.25) is 5.91 Å². The highest BCUT2D eigenvalue weighted by Crippen LogP contribution is 2.22. The van der Waals surface area contributed by atoms with Crippen LogP contribution in [-0.2, 0) is 18.3 Å². The monoisotopic (exact) mass is 408 g/mol. The molecule has 0 atom stereocenters. The summed E-state index contributed by atoms with van der Waals surface area (Å²) >= 11 is 0. The predicted molar refractivity (Wildman–Crippen MR) is 118 cm³/mol. The van der Waals surface area contributed by atoms with E-state index in [-0.39, 0.29) is 17.9 Å². The second-order valence-electron chi connectivity index (χ2n) is 7.99. The lowest BCUT2D eigenvalue weighted by molar-refractivity contribution is -0.116. The second-order valence-corrected chi connectivity index (χ2v) is 7.99. The van der Waals surface area contributed by atoms with Crippen molar-refractivity contribution in [3.8, 4) is 0 Å². The van der Waals surface area contributed by atoms with Gasteiger partial charge in [-0.3, -0.25) is 14.3 Å². The molecule has 30 heavy (non-hydrogen) atoms. The number of pyridine rings is 2. The molecule has 158 valence electrons. The molecule has 0 spiro atoms. The summed E-state index contributed by atoms with van der Waals surface area (Å²) in [6, 6.07) is 3.84. The van der Waals surface area contributed by atoms with E-state index in [4.69, 9.17) is 0 Å². The number of hydrogen-bond acceptors (Lipinski definition) is 5. The Morgan fingerprint density at radius 2 is 1.97 bits per heavy atom. The Labute approximate surface area is 175 Å². The first-order valence-corrected chi connectivity index (χ1v) is 10.5. The van der Waals surface area contributed by atoms with Crippen LogP contribution >= 0.6 is 0 Å². The molecule has 3 aromatic heterocycles. The highest BCUT2D eigenvalue weighted by atomic mass is 16.1. The third-order valence-electron chi connectivity index (χ3n) is 5.87. The minimum Gasteiger partial charge on any atom is -0.357 e. The number of fused-ring (bicyclic) bond motifs is 1. The van der Waals surface area contributed by atoms with E-state index in [1.54, 1.807) is 10.9 Å². The van der Waals surface area contributed by atoms with E-state index in [0.717, 1.165) is 35.6 Å². The van der Waals surface area contributed by atoms with E-state index in [9.17, 15) is 9.59 Å². The van der Waals surface area contributed by atoms with Crippen LogP contribution in [0, 0.1) is 13.8 Å². The Morgan fingerprint density at radius 3 is 2.67 bits per heavy atom. The van der Waals surface area contributed by atoms with Crippen molar-refractivity contribution in [3.63, 3.8) is 0 Å². The van der Waals surface area contributed by atoms with Gasteiger partial charge in [-0.1, -0.05) is 0 Å². The van der Waals surface area contributed by atoms with Crippen molar-refractivity contribution in [1.29, 1.82) is 0 Å². The topological polar surface area (TPSA) is 95.9 Å². The van der Waals surface area contributed by atoms with Crippen LogP contribution in [-0.4, -0.2) is 38.7 Å². The molecule has 0 aromatic carbocycles. The van der Waals surface area contributed by atoms with Gasteiger partial charge in [0.25, 0.3) is 5.56 Å². The number of aromatic amines is 1. The number of piperidine rings is 1. The first kappa shape index (κ1) is 20.1. The van der Waals surface area contributed by atoms with Gasteiger partial charge in [0.05, 0.1) is 17.6 Å². The first-order valence-electron chi connectivity index (χ1n) is 10.5. The van der Waals surface area contributed by atoms with Gasteiger partial charge >= 0.3 is 0 Å². The molecule has 0 bridgehead atoms. The predicted octanol–water partition coefficient (Wildman–Crippen LogP) is 2.84. The largest absolute Gasteiger partial charge is 0.357 e. The number of hydrogen-bond donors (Lipinski definition) is 2. The summed E-state index contributed by atoms with van der Waals surface area (Å²) in [4.78, 5) is 34.7. The van der Waals surface area contributed by atoms with Crippen molar-refractivity contribution in [2.24, 2.45) is 7.05 Å². The molecule has 8 heteroatoms. The van der Waals surface area contributed by atoms with Gasteiger partial charge in [-0.25, -0.2) is 4.98 Å². The van der Waals surface area contributed by atoms with Crippen molar-refractivity contribution in [2.45, 2.75) is 46.0 Å². The van der Waals surface area contributed by atoms with Gasteiger partial charge in [-0.05, 0) is 57.2 Å². The number of carbonyl (C=O) groups excluding carboxylic acids is 1. The van der Waals surface area contributed by atoms with Crippen LogP contribution in [0.5, 0.6) is 0 Å². The zero-order valence-electron chi connectivity index (χ0n) is 17.8. The number of aryl methyl sites for hydroxylation is 3. The maximum absolute atomic E-state index is 12.5. The van der Waals surface area contributed by atoms with Crippen molar-refractivity contribution in [2.75, 3.05) is 23.3 Å². The number of nitrogens with one attached hydrogen (secondary N) is 2. The van der Waals surface area contributed by atoms with E-state index in [1.807, 2.05) is 33.0 Å². The average Bonchev–Trinajstić information content (AvgIpc) is 3.02. The fourth-order valence-corrected chi connectivity index (χ4v) is 4.29. The lowest BCUT2D eigenvalue weighted by Gasteiger charge is -2.27. The third kappa shape index (κ3) is 3.94. The maximum Gasteiger partial charge on any atom is 0.253 e. The molecule has 0 unspecified atom stereocenters. The number of nitrogens with zero attached hydrogens (tertiary/aromatic N) is 4. The molecule has 1 saturated heterocycles. The molecule has 0 saturated carbocycles. The summed E-state index contributed by atoms with van der Waals surface area (Å²) in [5.41, 5.74) is 3.61. The quantitative estimate of drug-likeness (QED) is 0.677. The Bertz CT molecular complexity index is 1120. The van der Waals surface area contributed by atoms with Crippen LogP contribution in [0.3, 0.4) is 0 Å². The number of H-pyrrole nitrogens is 1. The standard InChI is InChI=1S/C22H28N6O2/c1-14-17(22(30)25-21-20(14)15(2)26-27(21)3)8-10-19(29)24-16-7-9-18(23-13-16)28-11-5-4-6-12-28/h7,9,13H,4-6,8,10-12H2,1-3H3,(H,24,29)(H,25,30). The Balaban J connectivity index is 1.41. The zero-order valence-corrected chi connectivity index (χ0v) is 17.8. The van der Waals surface area contributed by atoms with Gasteiger partial charge < -0.3 is 15.2 Å². The number of aromatic nitrogens is 4. The molecule has 3 aromatic rings. The van der Waals surface area contributed by atoms with E-state index >= 15 is 0 Å². The number of anilines is 2. The summed E-state index contributed by atoms with van der Waals surface area (Å²) in [6.07, 6.45) is 5.97. The molecule has 8 nitrogen and oxygen atoms in total. The maximum atomic E-state index is 12.5. The molecule has 1 aliphatic heterocycles. The van der Waals surface area contributed by atoms with Crippen LogP contribution in [0.1, 0.15) is 42.5 Å². The van der Waals surface area contributed by atoms with Crippen molar-refractivity contribution in [3.05, 3.63) is 45.5 Å². The second kappa shape index (κ2) is 8.30. The summed E-state index contributed by atoms with van der Waals surface area (Å²) < 4.78 is 1.68. The van der Waals surface area contributed by atoms with Gasteiger partial charge in [0.1, 0.15) is 11.5 Å².